The summed E-state index contributed by atoms with van der Waals surface area (Å²) in [6.07, 6.45) is 0.0604. The van der Waals surface area contributed by atoms with Crippen molar-refractivity contribution < 1.29 is 9.59 Å². The lowest BCUT2D eigenvalue weighted by Gasteiger charge is -2.30. The van der Waals surface area contributed by atoms with Gasteiger partial charge >= 0.3 is 0 Å². The second kappa shape index (κ2) is 3.78. The smallest absolute Gasteiger partial charge is 0.223 e. The van der Waals surface area contributed by atoms with Crippen LogP contribution in [0.4, 0.5) is 0 Å². The van der Waals surface area contributed by atoms with Crippen molar-refractivity contribution in [3.8, 4) is 0 Å². The predicted molar refractivity (Wildman–Crippen MR) is 26.5 cm³/mol. The molecule has 0 atom stereocenters. The maximum absolute atomic E-state index is 10.0. The van der Waals surface area contributed by atoms with Gasteiger partial charge in [-0.1, -0.05) is 5.23 Å². The minimum Gasteiger partial charge on any atom is -0.739 e. The molecule has 7 nitrogen and oxygen atoms in total. The normalized spacial score (nSPS) is 8.78. The average molecular weight is 133 g/mol. The highest BCUT2D eigenvalue weighted by molar-refractivity contribution is 5.48. The van der Waals surface area contributed by atoms with Gasteiger partial charge in [0.05, 0.1) is 0 Å². The minimum atomic E-state index is -0.283. The fraction of sp³-hybridized carbons (Fsp3) is 0. The highest BCUT2D eigenvalue weighted by atomic mass is 16.6. The monoisotopic (exact) mass is 133 g/mol. The molecule has 0 aliphatic rings. The van der Waals surface area contributed by atoms with E-state index in [1.807, 2.05) is 0 Å². The Bertz CT molecular complexity index is 106. The summed E-state index contributed by atoms with van der Waals surface area (Å²) in [5, 5.41) is 9.94. The first kappa shape index (κ1) is 7.82. The summed E-state index contributed by atoms with van der Waals surface area (Å²) >= 11 is 0. The molecule has 0 unspecified atom stereocenters. The summed E-state index contributed by atoms with van der Waals surface area (Å²) in [6.45, 7) is 0. The number of carbonyl (C=O) groups excluding carboxylic acids is 2. The summed E-state index contributed by atoms with van der Waals surface area (Å²) in [6, 6.07) is 0. The molecule has 7 heteroatoms. The molecule has 0 rings (SSSR count). The topological polar surface area (TPSA) is 102 Å². The van der Waals surface area contributed by atoms with E-state index in [1.165, 1.54) is 0 Å². The summed E-state index contributed by atoms with van der Waals surface area (Å²) in [7, 11) is 0. The zero-order chi connectivity index (χ0) is 7.28. The number of rotatable bonds is 4. The molecule has 0 fully saturated rings. The van der Waals surface area contributed by atoms with Gasteiger partial charge in [0.25, 0.3) is 0 Å². The number of nitrogens with two attached hydrogens (primary N) is 1. The molecular weight excluding hydrogens is 128 g/mol. The number of nitrogens with one attached hydrogen (secondary N) is 1. The van der Waals surface area contributed by atoms with Crippen LogP contribution in [0.5, 0.6) is 0 Å². The Labute approximate surface area is 50.5 Å². The summed E-state index contributed by atoms with van der Waals surface area (Å²) in [5.41, 5.74) is 1.71. The number of hydrogen-bond acceptors (Lipinski definition) is 5. The van der Waals surface area contributed by atoms with Crippen LogP contribution < -0.4 is 11.3 Å². The number of hydrazine groups is 3. The number of carbonyl (C=O) groups is 2. The van der Waals surface area contributed by atoms with E-state index in [2.05, 4.69) is 0 Å². The number of hydrogen-bond donors (Lipinski definition) is 2. The van der Waals surface area contributed by atoms with Gasteiger partial charge in [0.15, 0.2) is 0 Å². The van der Waals surface area contributed by atoms with Crippen LogP contribution >= 0.6 is 0 Å². The van der Waals surface area contributed by atoms with E-state index in [0.29, 0.717) is 0 Å². The molecule has 0 aliphatic heterocycles. The lowest BCUT2D eigenvalue weighted by molar-refractivity contribution is -0.138. The Morgan fingerprint density at radius 2 is 2.11 bits per heavy atom. The van der Waals surface area contributed by atoms with E-state index in [9.17, 15) is 14.8 Å². The minimum absolute atomic E-state index is 0.101. The Kier molecular flexibility index (Phi) is 3.28. The van der Waals surface area contributed by atoms with E-state index in [1.54, 1.807) is 5.43 Å². The molecule has 3 N–H and O–H groups in total. The first-order valence-corrected chi connectivity index (χ1v) is 1.88. The fourth-order valence-electron chi connectivity index (χ4n) is 0.162. The standard InChI is InChI=1S/C2H5N4O3/c3-6(4-1-7)5(9)2-8/h1-2H,3H2,(H,4,7)/q-1. The van der Waals surface area contributed by atoms with Crippen molar-refractivity contribution in [2.24, 2.45) is 5.84 Å². The number of amides is 2. The molecule has 0 aromatic heterocycles. The van der Waals surface area contributed by atoms with Crippen LogP contribution in [-0.4, -0.2) is 23.2 Å². The van der Waals surface area contributed by atoms with Crippen molar-refractivity contribution in [3.05, 3.63) is 5.21 Å². The van der Waals surface area contributed by atoms with Crippen LogP contribution in [-0.2, 0) is 9.59 Å². The quantitative estimate of drug-likeness (QED) is 0.255. The molecule has 52 valence electrons. The lowest BCUT2D eigenvalue weighted by atomic mass is 11.3. The Balaban J connectivity index is 3.56. The Morgan fingerprint density at radius 3 is 2.44 bits per heavy atom. The van der Waals surface area contributed by atoms with Gasteiger partial charge in [0.2, 0.25) is 12.8 Å². The molecule has 0 aliphatic carbocycles. The van der Waals surface area contributed by atoms with Gasteiger partial charge in [-0.3, -0.25) is 15.0 Å². The maximum atomic E-state index is 10.0. The molecule has 0 aromatic carbocycles. The van der Waals surface area contributed by atoms with Crippen molar-refractivity contribution in [2.45, 2.75) is 0 Å². The van der Waals surface area contributed by atoms with E-state index in [4.69, 9.17) is 5.84 Å². The SMILES string of the molecule is NN(NC=O)N([O-])C=O. The molecule has 2 amide bonds. The van der Waals surface area contributed by atoms with Gasteiger partial charge in [0, 0.05) is 0 Å². The van der Waals surface area contributed by atoms with E-state index >= 15 is 0 Å². The van der Waals surface area contributed by atoms with Crippen LogP contribution in [0.15, 0.2) is 0 Å². The molecule has 0 saturated heterocycles. The van der Waals surface area contributed by atoms with Gasteiger partial charge in [-0.25, -0.2) is 5.84 Å². The van der Waals surface area contributed by atoms with Crippen molar-refractivity contribution >= 4 is 12.8 Å². The zero-order valence-corrected chi connectivity index (χ0v) is 4.35. The zero-order valence-electron chi connectivity index (χ0n) is 4.35. The molecule has 0 heterocycles. The van der Waals surface area contributed by atoms with E-state index in [0.717, 1.165) is 0 Å². The van der Waals surface area contributed by atoms with Gasteiger partial charge in [-0.2, -0.15) is 0 Å². The molecule has 0 bridgehead atoms. The third kappa shape index (κ3) is 2.59. The van der Waals surface area contributed by atoms with E-state index < -0.39 is 0 Å². The van der Waals surface area contributed by atoms with Crippen LogP contribution in [0.25, 0.3) is 0 Å². The Hall–Kier alpha value is -1.18. The third-order valence-electron chi connectivity index (χ3n) is 0.488. The van der Waals surface area contributed by atoms with Crippen molar-refractivity contribution in [1.29, 1.82) is 0 Å². The maximum Gasteiger partial charge on any atom is 0.223 e. The van der Waals surface area contributed by atoms with Crippen molar-refractivity contribution in [3.63, 3.8) is 0 Å². The highest BCUT2D eigenvalue weighted by Gasteiger charge is 1.92. The highest BCUT2D eigenvalue weighted by Crippen LogP contribution is 1.73. The second-order valence-electron chi connectivity index (χ2n) is 0.999. The molecule has 0 aromatic rings. The van der Waals surface area contributed by atoms with Gasteiger partial charge < -0.3 is 10.4 Å². The fourth-order valence-corrected chi connectivity index (χ4v) is 0.162. The lowest BCUT2D eigenvalue weighted by Crippen LogP contribution is -2.51. The van der Waals surface area contributed by atoms with Crippen LogP contribution in [0.2, 0.25) is 0 Å². The first-order chi connectivity index (χ1) is 4.22. The summed E-state index contributed by atoms with van der Waals surface area (Å²) in [4.78, 5) is 19.1. The van der Waals surface area contributed by atoms with Crippen LogP contribution in [0.3, 0.4) is 0 Å². The summed E-state index contributed by atoms with van der Waals surface area (Å²) < 4.78 is 0. The first-order valence-electron chi connectivity index (χ1n) is 1.88. The van der Waals surface area contributed by atoms with Crippen molar-refractivity contribution in [1.82, 2.24) is 15.8 Å². The largest absolute Gasteiger partial charge is 0.739 e. The van der Waals surface area contributed by atoms with E-state index in [-0.39, 0.29) is 23.2 Å². The second-order valence-corrected chi connectivity index (χ2v) is 0.999. The predicted octanol–water partition coefficient (Wildman–Crippen LogP) is -2.31. The third-order valence-corrected chi connectivity index (χ3v) is 0.488. The van der Waals surface area contributed by atoms with Gasteiger partial charge in [-0.05, 0) is 0 Å². The molecule has 0 radical (unpaired) electrons. The average Bonchev–Trinajstić information content (AvgIpc) is 1.87. The summed E-state index contributed by atoms with van der Waals surface area (Å²) in [5.74, 6) is 4.71. The van der Waals surface area contributed by atoms with Crippen molar-refractivity contribution in [2.75, 3.05) is 0 Å². The van der Waals surface area contributed by atoms with Crippen LogP contribution in [0.1, 0.15) is 0 Å². The molecular formula is C2H5N4O3-. The van der Waals surface area contributed by atoms with Crippen LogP contribution in [0, 0.1) is 5.21 Å². The Morgan fingerprint density at radius 1 is 1.56 bits per heavy atom. The number of hydroxylamine groups is 1. The number of nitrogens with zero attached hydrogens (tertiary/aromatic N) is 2. The van der Waals surface area contributed by atoms with Gasteiger partial charge in [0.1, 0.15) is 0 Å². The molecule has 0 saturated carbocycles. The molecule has 0 spiro atoms. The molecule has 9 heavy (non-hydrogen) atoms. The van der Waals surface area contributed by atoms with Gasteiger partial charge in [-0.15, -0.1) is 0 Å².